The predicted octanol–water partition coefficient (Wildman–Crippen LogP) is 3.58. The summed E-state index contributed by atoms with van der Waals surface area (Å²) in [5.74, 6) is 1.35. The van der Waals surface area contributed by atoms with Gasteiger partial charge in [-0.15, -0.1) is 11.3 Å². The first-order valence-corrected chi connectivity index (χ1v) is 13.7. The Kier molecular flexibility index (Phi) is 6.39. The first-order valence-electron chi connectivity index (χ1n) is 12.8. The molecule has 0 radical (unpaired) electrons. The number of hydrogen-bond donors (Lipinski definition) is 1. The summed E-state index contributed by atoms with van der Waals surface area (Å²) in [4.78, 5) is 28.5. The third-order valence-electron chi connectivity index (χ3n) is 7.68. The molecule has 6 rings (SSSR count). The van der Waals surface area contributed by atoms with Crippen molar-refractivity contribution in [3.05, 3.63) is 47.2 Å². The van der Waals surface area contributed by atoms with Crippen LogP contribution in [0, 0.1) is 5.92 Å². The van der Waals surface area contributed by atoms with Gasteiger partial charge >= 0.3 is 0 Å². The average molecular weight is 493 g/mol. The molecule has 184 valence electrons. The lowest BCUT2D eigenvalue weighted by Gasteiger charge is -2.42. The van der Waals surface area contributed by atoms with Crippen LogP contribution in [0.15, 0.2) is 36.0 Å². The highest BCUT2D eigenvalue weighted by atomic mass is 32.1. The summed E-state index contributed by atoms with van der Waals surface area (Å²) in [6.45, 7) is 3.91. The zero-order chi connectivity index (χ0) is 23.8. The van der Waals surface area contributed by atoms with E-state index in [4.69, 9.17) is 4.98 Å². The lowest BCUT2D eigenvalue weighted by molar-refractivity contribution is 0.0454. The van der Waals surface area contributed by atoms with E-state index in [0.29, 0.717) is 29.4 Å². The van der Waals surface area contributed by atoms with E-state index in [2.05, 4.69) is 15.0 Å². The average Bonchev–Trinajstić information content (AvgIpc) is 3.41. The van der Waals surface area contributed by atoms with Gasteiger partial charge in [-0.05, 0) is 68.5 Å². The molecule has 3 fully saturated rings. The lowest BCUT2D eigenvalue weighted by Crippen LogP contribution is -2.50. The molecule has 0 aromatic carbocycles. The maximum absolute atomic E-state index is 13.6. The Morgan fingerprint density at radius 3 is 2.71 bits per heavy atom. The van der Waals surface area contributed by atoms with Gasteiger partial charge in [-0.25, -0.2) is 14.6 Å². The van der Waals surface area contributed by atoms with Crippen LogP contribution in [0.1, 0.15) is 60.5 Å². The van der Waals surface area contributed by atoms with Crippen LogP contribution >= 0.6 is 11.3 Å². The van der Waals surface area contributed by atoms with Crippen LogP contribution in [-0.2, 0) is 0 Å². The molecule has 1 amide bonds. The van der Waals surface area contributed by atoms with Crippen molar-refractivity contribution in [2.45, 2.75) is 50.5 Å². The highest BCUT2D eigenvalue weighted by Gasteiger charge is 2.36. The van der Waals surface area contributed by atoms with Gasteiger partial charge < -0.3 is 10.0 Å². The van der Waals surface area contributed by atoms with Crippen LogP contribution < -0.4 is 0 Å². The van der Waals surface area contributed by atoms with Gasteiger partial charge in [0.2, 0.25) is 0 Å². The van der Waals surface area contributed by atoms with E-state index in [0.717, 1.165) is 81.0 Å². The number of piperidine rings is 2. The van der Waals surface area contributed by atoms with E-state index in [-0.39, 0.29) is 12.5 Å². The van der Waals surface area contributed by atoms with E-state index >= 15 is 0 Å². The number of hydrogen-bond acceptors (Lipinski definition) is 7. The van der Waals surface area contributed by atoms with E-state index in [1.54, 1.807) is 28.4 Å². The number of carbonyl (C=O) groups is 1. The minimum Gasteiger partial charge on any atom is -0.396 e. The van der Waals surface area contributed by atoms with Gasteiger partial charge in [-0.3, -0.25) is 9.69 Å². The van der Waals surface area contributed by atoms with Crippen molar-refractivity contribution in [1.82, 2.24) is 29.5 Å². The Morgan fingerprint density at radius 1 is 1.11 bits per heavy atom. The monoisotopic (exact) mass is 492 g/mol. The highest BCUT2D eigenvalue weighted by molar-refractivity contribution is 7.13. The number of thiophene rings is 1. The number of nitrogens with zero attached hydrogens (tertiary/aromatic N) is 6. The molecule has 0 unspecified atom stereocenters. The minimum atomic E-state index is 0.0814. The Labute approximate surface area is 209 Å². The van der Waals surface area contributed by atoms with Gasteiger partial charge in [0.25, 0.3) is 11.9 Å². The summed E-state index contributed by atoms with van der Waals surface area (Å²) >= 11 is 1.65. The number of aromatic nitrogens is 4. The van der Waals surface area contributed by atoms with Crippen molar-refractivity contribution in [2.24, 2.45) is 5.92 Å². The second-order valence-corrected chi connectivity index (χ2v) is 11.0. The van der Waals surface area contributed by atoms with Gasteiger partial charge in [0.15, 0.2) is 0 Å². The molecule has 2 saturated heterocycles. The van der Waals surface area contributed by atoms with Crippen LogP contribution in [0.25, 0.3) is 16.5 Å². The number of aliphatic hydroxyl groups excluding tert-OH is 1. The summed E-state index contributed by atoms with van der Waals surface area (Å²) < 4.78 is 1.79. The van der Waals surface area contributed by atoms with Crippen LogP contribution in [0.4, 0.5) is 0 Å². The van der Waals surface area contributed by atoms with E-state index in [1.165, 1.54) is 0 Å². The minimum absolute atomic E-state index is 0.0814. The normalized spacial score (nSPS) is 22.0. The number of carbonyl (C=O) groups excluding carboxylic acids is 1. The topological polar surface area (TPSA) is 87.4 Å². The third-order valence-corrected chi connectivity index (χ3v) is 8.58. The number of likely N-dealkylation sites (tertiary alicyclic amines) is 2. The molecule has 2 aliphatic heterocycles. The fourth-order valence-corrected chi connectivity index (χ4v) is 6.32. The molecule has 1 N–H and O–H groups in total. The SMILES string of the molecule is O=C(c1cnn(-c2nccc(-c3cccs3)n2)c1C1CC1)N1CCC(N2CCC[C@@H](CO)C2)CC1. The third kappa shape index (κ3) is 4.64. The Morgan fingerprint density at radius 2 is 1.97 bits per heavy atom. The second kappa shape index (κ2) is 9.79. The Bertz CT molecular complexity index is 1170. The van der Waals surface area contributed by atoms with Crippen molar-refractivity contribution in [3.8, 4) is 16.5 Å². The molecule has 1 saturated carbocycles. The quantitative estimate of drug-likeness (QED) is 0.566. The molecule has 3 aromatic rings. The smallest absolute Gasteiger partial charge is 0.257 e. The lowest BCUT2D eigenvalue weighted by atomic mass is 9.94. The number of aliphatic hydroxyl groups is 1. The van der Waals surface area contributed by atoms with Crippen molar-refractivity contribution in [1.29, 1.82) is 0 Å². The molecule has 3 aromatic heterocycles. The molecule has 35 heavy (non-hydrogen) atoms. The van der Waals surface area contributed by atoms with Crippen molar-refractivity contribution < 1.29 is 9.90 Å². The van der Waals surface area contributed by atoms with Gasteiger partial charge in [0, 0.05) is 44.4 Å². The largest absolute Gasteiger partial charge is 0.396 e. The van der Waals surface area contributed by atoms with Crippen molar-refractivity contribution in [3.63, 3.8) is 0 Å². The highest BCUT2D eigenvalue weighted by Crippen LogP contribution is 2.42. The molecule has 8 nitrogen and oxygen atoms in total. The number of rotatable bonds is 6. The van der Waals surface area contributed by atoms with Crippen LogP contribution in [0.3, 0.4) is 0 Å². The summed E-state index contributed by atoms with van der Waals surface area (Å²) in [6, 6.07) is 6.49. The molecular formula is C26H32N6O2S. The molecule has 9 heteroatoms. The van der Waals surface area contributed by atoms with Gasteiger partial charge in [0.05, 0.1) is 28.0 Å². The summed E-state index contributed by atoms with van der Waals surface area (Å²) in [5, 5.41) is 16.2. The van der Waals surface area contributed by atoms with Gasteiger partial charge in [-0.2, -0.15) is 5.10 Å². The fourth-order valence-electron chi connectivity index (χ4n) is 5.63. The van der Waals surface area contributed by atoms with Crippen LogP contribution in [-0.4, -0.2) is 79.4 Å². The fraction of sp³-hybridized carbons (Fsp3) is 0.538. The van der Waals surface area contributed by atoms with Crippen LogP contribution in [0.2, 0.25) is 0 Å². The van der Waals surface area contributed by atoms with Crippen molar-refractivity contribution >= 4 is 17.2 Å². The predicted molar refractivity (Wildman–Crippen MR) is 135 cm³/mol. The van der Waals surface area contributed by atoms with Crippen LogP contribution in [0.5, 0.6) is 0 Å². The second-order valence-electron chi connectivity index (χ2n) is 10.1. The molecule has 0 spiro atoms. The molecule has 5 heterocycles. The Hall–Kier alpha value is -2.62. The molecule has 3 aliphatic rings. The molecule has 1 atom stereocenters. The Balaban J connectivity index is 1.19. The molecule has 0 bridgehead atoms. The van der Waals surface area contributed by atoms with E-state index in [1.807, 2.05) is 28.5 Å². The maximum Gasteiger partial charge on any atom is 0.257 e. The van der Waals surface area contributed by atoms with E-state index in [9.17, 15) is 9.90 Å². The van der Waals surface area contributed by atoms with E-state index < -0.39 is 0 Å². The molecule has 1 aliphatic carbocycles. The first-order chi connectivity index (χ1) is 17.2. The summed E-state index contributed by atoms with van der Waals surface area (Å²) in [6.07, 6.45) is 9.89. The number of amides is 1. The first kappa shape index (κ1) is 22.8. The summed E-state index contributed by atoms with van der Waals surface area (Å²) in [5.41, 5.74) is 2.54. The summed E-state index contributed by atoms with van der Waals surface area (Å²) in [7, 11) is 0. The van der Waals surface area contributed by atoms with Crippen molar-refractivity contribution in [2.75, 3.05) is 32.8 Å². The van der Waals surface area contributed by atoms with Gasteiger partial charge in [0.1, 0.15) is 0 Å². The maximum atomic E-state index is 13.6. The van der Waals surface area contributed by atoms with Gasteiger partial charge in [-0.1, -0.05) is 6.07 Å². The zero-order valence-corrected chi connectivity index (χ0v) is 20.7. The standard InChI is InChI=1S/C26H32N6O2S/c33-17-18-3-1-11-31(16-18)20-8-12-30(13-9-20)25(34)21-15-28-32(24(21)19-5-6-19)26-27-10-7-22(29-26)23-4-2-14-35-23/h2,4,7,10,14-15,18-20,33H,1,3,5-6,8-9,11-13,16-17H2/t18-/m1/s1. The zero-order valence-electron chi connectivity index (χ0n) is 19.9. The molecular weight excluding hydrogens is 460 g/mol.